The van der Waals surface area contributed by atoms with Crippen LogP contribution in [0.4, 0.5) is 4.79 Å². The molecule has 0 aromatic heterocycles. The third kappa shape index (κ3) is 7.17. The van der Waals surface area contributed by atoms with E-state index in [1.165, 1.54) is 7.11 Å². The lowest BCUT2D eigenvalue weighted by molar-refractivity contribution is -0.143. The zero-order valence-electron chi connectivity index (χ0n) is 15.8. The van der Waals surface area contributed by atoms with Crippen LogP contribution >= 0.6 is 0 Å². The molecule has 1 heterocycles. The van der Waals surface area contributed by atoms with E-state index in [0.29, 0.717) is 12.3 Å². The third-order valence-corrected chi connectivity index (χ3v) is 4.47. The first-order valence-electron chi connectivity index (χ1n) is 8.76. The smallest absolute Gasteiger partial charge is 0.408 e. The van der Waals surface area contributed by atoms with Gasteiger partial charge in [-0.1, -0.05) is 38.0 Å². The highest BCUT2D eigenvalue weighted by Crippen LogP contribution is 2.24. The summed E-state index contributed by atoms with van der Waals surface area (Å²) >= 11 is 0. The monoisotopic (exact) mass is 362 g/mol. The number of esters is 1. The molecule has 6 heteroatoms. The highest BCUT2D eigenvalue weighted by atomic mass is 16.6. The molecule has 0 aromatic carbocycles. The number of carbonyl (C=O) groups excluding carboxylic acids is 2. The number of carbonyl (C=O) groups is 2. The van der Waals surface area contributed by atoms with Crippen molar-refractivity contribution in [3.63, 3.8) is 0 Å². The minimum Gasteiger partial charge on any atom is -0.467 e. The molecule has 0 saturated carbocycles. The van der Waals surface area contributed by atoms with Crippen molar-refractivity contribution < 1.29 is 19.1 Å². The Balaban J connectivity index is 2.56. The van der Waals surface area contributed by atoms with Crippen LogP contribution in [0.15, 0.2) is 49.2 Å². The maximum absolute atomic E-state index is 12.0. The van der Waals surface area contributed by atoms with E-state index in [1.807, 2.05) is 6.92 Å². The van der Waals surface area contributed by atoms with E-state index in [-0.39, 0.29) is 6.61 Å². The lowest BCUT2D eigenvalue weighted by Gasteiger charge is -2.34. The largest absolute Gasteiger partial charge is 0.467 e. The van der Waals surface area contributed by atoms with Crippen molar-refractivity contribution in [1.82, 2.24) is 10.2 Å². The molecule has 1 rings (SSSR count). The molecule has 0 spiro atoms. The minimum atomic E-state index is -0.718. The number of hydrogen-bond donors (Lipinski definition) is 1. The molecule has 26 heavy (non-hydrogen) atoms. The summed E-state index contributed by atoms with van der Waals surface area (Å²) in [5, 5.41) is 2.62. The number of nitrogens with zero attached hydrogens (tertiary/aromatic N) is 1. The Morgan fingerprint density at radius 2 is 1.96 bits per heavy atom. The van der Waals surface area contributed by atoms with E-state index < -0.39 is 18.1 Å². The van der Waals surface area contributed by atoms with Crippen LogP contribution in [0.2, 0.25) is 0 Å². The number of likely N-dealkylation sites (tertiary alicyclic amines) is 1. The number of allylic oxidation sites excluding steroid dienone is 3. The van der Waals surface area contributed by atoms with Gasteiger partial charge in [0.05, 0.1) is 7.11 Å². The second kappa shape index (κ2) is 11.2. The fourth-order valence-electron chi connectivity index (χ4n) is 2.90. The quantitative estimate of drug-likeness (QED) is 0.504. The number of alkyl carbamates (subject to hydrolysis) is 1. The summed E-state index contributed by atoms with van der Waals surface area (Å²) in [5.41, 5.74) is 1.78. The van der Waals surface area contributed by atoms with Gasteiger partial charge in [0.15, 0.2) is 0 Å². The third-order valence-electron chi connectivity index (χ3n) is 4.47. The molecule has 1 saturated heterocycles. The van der Waals surface area contributed by atoms with Crippen molar-refractivity contribution in [2.75, 3.05) is 26.8 Å². The first-order chi connectivity index (χ1) is 12.4. The van der Waals surface area contributed by atoms with Crippen molar-refractivity contribution in [1.29, 1.82) is 0 Å². The topological polar surface area (TPSA) is 67.9 Å². The molecule has 0 radical (unpaired) electrons. The Hall–Kier alpha value is -2.50. The van der Waals surface area contributed by atoms with Crippen LogP contribution < -0.4 is 5.32 Å². The summed E-state index contributed by atoms with van der Waals surface area (Å²) in [5.74, 6) is -0.130. The van der Waals surface area contributed by atoms with Crippen LogP contribution in [-0.2, 0) is 14.3 Å². The van der Waals surface area contributed by atoms with Crippen LogP contribution in [0.25, 0.3) is 0 Å². The second-order valence-corrected chi connectivity index (χ2v) is 6.38. The molecule has 1 amide bonds. The normalized spacial score (nSPS) is 16.4. The van der Waals surface area contributed by atoms with Crippen LogP contribution in [0.1, 0.15) is 26.2 Å². The summed E-state index contributed by atoms with van der Waals surface area (Å²) < 4.78 is 9.97. The average molecular weight is 362 g/mol. The Morgan fingerprint density at radius 1 is 1.31 bits per heavy atom. The number of nitrogens with one attached hydrogen (secondary N) is 1. The molecule has 0 aromatic rings. The predicted molar refractivity (Wildman–Crippen MR) is 102 cm³/mol. The van der Waals surface area contributed by atoms with Crippen molar-refractivity contribution in [3.8, 4) is 0 Å². The Labute approximate surface area is 156 Å². The molecule has 1 N–H and O–H groups in total. The second-order valence-electron chi connectivity index (χ2n) is 6.38. The van der Waals surface area contributed by atoms with Gasteiger partial charge in [0, 0.05) is 18.8 Å². The number of rotatable bonds is 9. The molecule has 1 aliphatic heterocycles. The van der Waals surface area contributed by atoms with E-state index in [0.717, 1.165) is 37.2 Å². The van der Waals surface area contributed by atoms with Gasteiger partial charge in [-0.15, -0.1) is 0 Å². The Kier molecular flexibility index (Phi) is 9.26. The predicted octanol–water partition coefficient (Wildman–Crippen LogP) is 3.19. The van der Waals surface area contributed by atoms with Crippen molar-refractivity contribution in [2.45, 2.75) is 32.2 Å². The summed E-state index contributed by atoms with van der Waals surface area (Å²) in [4.78, 5) is 26.3. The van der Waals surface area contributed by atoms with Gasteiger partial charge in [0.25, 0.3) is 0 Å². The number of hydrogen-bond acceptors (Lipinski definition) is 5. The minimum absolute atomic E-state index is 0.0618. The summed E-state index contributed by atoms with van der Waals surface area (Å²) in [6.45, 7) is 15.1. The molecule has 144 valence electrons. The van der Waals surface area contributed by atoms with Gasteiger partial charge < -0.3 is 19.7 Å². The number of ether oxygens (including phenoxy) is 2. The van der Waals surface area contributed by atoms with E-state index in [4.69, 9.17) is 9.47 Å². The van der Waals surface area contributed by atoms with Crippen molar-refractivity contribution in [3.05, 3.63) is 49.2 Å². The zero-order chi connectivity index (χ0) is 19.5. The van der Waals surface area contributed by atoms with Crippen LogP contribution in [0.3, 0.4) is 0 Å². The van der Waals surface area contributed by atoms with Gasteiger partial charge >= 0.3 is 12.1 Å². The molecule has 1 fully saturated rings. The molecule has 0 unspecified atom stereocenters. The maximum atomic E-state index is 12.0. The van der Waals surface area contributed by atoms with E-state index in [2.05, 4.69) is 30.0 Å². The number of amides is 1. The maximum Gasteiger partial charge on any atom is 0.408 e. The van der Waals surface area contributed by atoms with Gasteiger partial charge in [-0.2, -0.15) is 0 Å². The molecule has 0 aliphatic carbocycles. The highest BCUT2D eigenvalue weighted by molar-refractivity contribution is 5.81. The van der Waals surface area contributed by atoms with Crippen LogP contribution in [0.5, 0.6) is 0 Å². The van der Waals surface area contributed by atoms with Gasteiger partial charge in [0.1, 0.15) is 12.6 Å². The van der Waals surface area contributed by atoms with Crippen molar-refractivity contribution in [2.24, 2.45) is 5.92 Å². The summed E-state index contributed by atoms with van der Waals surface area (Å²) in [6.07, 6.45) is 6.64. The average Bonchev–Trinajstić information content (AvgIpc) is 2.64. The number of piperidine rings is 1. The highest BCUT2D eigenvalue weighted by Gasteiger charge is 2.28. The first kappa shape index (κ1) is 21.5. The first-order valence-corrected chi connectivity index (χ1v) is 8.76. The summed E-state index contributed by atoms with van der Waals surface area (Å²) in [7, 11) is 1.31. The van der Waals surface area contributed by atoms with E-state index in [1.54, 1.807) is 18.2 Å². The standard InChI is InChI=1S/C20H30N2O4/c1-6-8-16(7-2)14-26-20(24)21-18(19(23)25-5)13-17-9-11-22(12-10-17)15(3)4/h6-8,17-18H,1-3,9-14H2,4-5H3,(H,21,24)/b16-8+/t18-/m0/s1. The molecule has 0 bridgehead atoms. The fourth-order valence-corrected chi connectivity index (χ4v) is 2.90. The fraction of sp³-hybridized carbons (Fsp3) is 0.500. The van der Waals surface area contributed by atoms with E-state index >= 15 is 0 Å². The zero-order valence-corrected chi connectivity index (χ0v) is 15.8. The molecular formula is C20H30N2O4. The van der Waals surface area contributed by atoms with Crippen LogP contribution in [-0.4, -0.2) is 49.8 Å². The number of methoxy groups -OCH3 is 1. The molecule has 1 aliphatic rings. The van der Waals surface area contributed by atoms with Gasteiger partial charge in [-0.3, -0.25) is 0 Å². The Morgan fingerprint density at radius 3 is 2.46 bits per heavy atom. The molecular weight excluding hydrogens is 332 g/mol. The van der Waals surface area contributed by atoms with Gasteiger partial charge in [-0.05, 0) is 37.7 Å². The Bertz CT molecular complexity index is 560. The lowest BCUT2D eigenvalue weighted by Crippen LogP contribution is -2.44. The van der Waals surface area contributed by atoms with Gasteiger partial charge in [0.2, 0.25) is 0 Å². The van der Waals surface area contributed by atoms with E-state index in [9.17, 15) is 9.59 Å². The molecule has 1 atom stereocenters. The molecule has 6 nitrogen and oxygen atoms in total. The summed E-state index contributed by atoms with van der Waals surface area (Å²) in [6, 6.07) is -0.718. The lowest BCUT2D eigenvalue weighted by atomic mass is 9.90. The SMILES string of the molecule is C=C/C=C(\C=C)COC(=O)N[C@@H](CC1CCN(C(=C)C)CC1)C(=O)OC. The van der Waals surface area contributed by atoms with Gasteiger partial charge in [-0.25, -0.2) is 9.59 Å². The van der Waals surface area contributed by atoms with Crippen LogP contribution in [0, 0.1) is 5.92 Å². The van der Waals surface area contributed by atoms with Crippen molar-refractivity contribution >= 4 is 12.1 Å².